The molecule has 0 spiro atoms. The first-order valence-electron chi connectivity index (χ1n) is 9.11. The Morgan fingerprint density at radius 3 is 2.43 bits per heavy atom. The predicted octanol–water partition coefficient (Wildman–Crippen LogP) is 3.92. The standard InChI is InChI=1S/C20H32N2O/c1-15(2)13-19(18-7-5-4-6-8-18)22-20(23)14-16(3)17-9-11-21-12-10-17/h4-8,15-17,19,21H,9-14H2,1-3H3,(H,22,23). The SMILES string of the molecule is CC(C)CC(NC(=O)CC(C)C1CCNCC1)c1ccccc1. The van der Waals surface area contributed by atoms with E-state index in [9.17, 15) is 4.79 Å². The van der Waals surface area contributed by atoms with Crippen molar-refractivity contribution in [2.75, 3.05) is 13.1 Å². The van der Waals surface area contributed by atoms with Crippen LogP contribution < -0.4 is 10.6 Å². The molecule has 1 aromatic carbocycles. The van der Waals surface area contributed by atoms with Crippen LogP contribution >= 0.6 is 0 Å². The number of amides is 1. The number of benzene rings is 1. The summed E-state index contributed by atoms with van der Waals surface area (Å²) in [7, 11) is 0. The van der Waals surface area contributed by atoms with Gasteiger partial charge in [-0.15, -0.1) is 0 Å². The van der Waals surface area contributed by atoms with E-state index < -0.39 is 0 Å². The summed E-state index contributed by atoms with van der Waals surface area (Å²) in [5.74, 6) is 1.91. The average molecular weight is 316 g/mol. The Bertz CT molecular complexity index is 466. The van der Waals surface area contributed by atoms with Crippen LogP contribution in [0.5, 0.6) is 0 Å². The van der Waals surface area contributed by atoms with Gasteiger partial charge in [0.15, 0.2) is 0 Å². The van der Waals surface area contributed by atoms with Crippen LogP contribution in [0.25, 0.3) is 0 Å². The van der Waals surface area contributed by atoms with Crippen molar-refractivity contribution < 1.29 is 4.79 Å². The molecule has 2 N–H and O–H groups in total. The van der Waals surface area contributed by atoms with E-state index in [-0.39, 0.29) is 11.9 Å². The molecule has 0 saturated carbocycles. The van der Waals surface area contributed by atoms with Crippen molar-refractivity contribution >= 4 is 5.91 Å². The zero-order valence-electron chi connectivity index (χ0n) is 14.8. The Morgan fingerprint density at radius 2 is 1.83 bits per heavy atom. The monoisotopic (exact) mass is 316 g/mol. The van der Waals surface area contributed by atoms with Crippen LogP contribution in [0.4, 0.5) is 0 Å². The summed E-state index contributed by atoms with van der Waals surface area (Å²) in [6, 6.07) is 10.5. The lowest BCUT2D eigenvalue weighted by Crippen LogP contribution is -2.35. The van der Waals surface area contributed by atoms with E-state index in [0.717, 1.165) is 19.5 Å². The fourth-order valence-corrected chi connectivity index (χ4v) is 3.56. The number of carbonyl (C=O) groups is 1. The third kappa shape index (κ3) is 5.98. The highest BCUT2D eigenvalue weighted by Crippen LogP contribution is 2.26. The Hall–Kier alpha value is -1.35. The van der Waals surface area contributed by atoms with Gasteiger partial charge in [-0.3, -0.25) is 4.79 Å². The van der Waals surface area contributed by atoms with E-state index >= 15 is 0 Å². The zero-order chi connectivity index (χ0) is 16.7. The van der Waals surface area contributed by atoms with Crippen LogP contribution in [0.2, 0.25) is 0 Å². The molecule has 0 radical (unpaired) electrons. The van der Waals surface area contributed by atoms with Crippen LogP contribution in [-0.2, 0) is 4.79 Å². The fraction of sp³-hybridized carbons (Fsp3) is 0.650. The second-order valence-electron chi connectivity index (χ2n) is 7.43. The van der Waals surface area contributed by atoms with Crippen molar-refractivity contribution in [1.82, 2.24) is 10.6 Å². The molecule has 1 aliphatic heterocycles. The van der Waals surface area contributed by atoms with Gasteiger partial charge in [0.1, 0.15) is 0 Å². The Kier molecular flexibility index (Phi) is 7.10. The molecule has 1 fully saturated rings. The molecule has 0 bridgehead atoms. The number of piperidine rings is 1. The first-order chi connectivity index (χ1) is 11.1. The quantitative estimate of drug-likeness (QED) is 0.800. The van der Waals surface area contributed by atoms with Gasteiger partial charge in [-0.25, -0.2) is 0 Å². The van der Waals surface area contributed by atoms with Gasteiger partial charge in [0, 0.05) is 6.42 Å². The molecule has 1 aromatic rings. The molecule has 23 heavy (non-hydrogen) atoms. The minimum atomic E-state index is 0.129. The molecular weight excluding hydrogens is 284 g/mol. The molecule has 0 aliphatic carbocycles. The summed E-state index contributed by atoms with van der Waals surface area (Å²) in [5.41, 5.74) is 1.21. The lowest BCUT2D eigenvalue weighted by Gasteiger charge is -2.29. The molecule has 1 aliphatic rings. The van der Waals surface area contributed by atoms with E-state index in [1.165, 1.54) is 18.4 Å². The van der Waals surface area contributed by atoms with Crippen molar-refractivity contribution in [2.45, 2.75) is 52.5 Å². The number of hydrogen-bond donors (Lipinski definition) is 2. The lowest BCUT2D eigenvalue weighted by atomic mass is 9.84. The van der Waals surface area contributed by atoms with Crippen molar-refractivity contribution in [3.8, 4) is 0 Å². The number of hydrogen-bond acceptors (Lipinski definition) is 2. The van der Waals surface area contributed by atoms with Crippen LogP contribution in [0.3, 0.4) is 0 Å². The van der Waals surface area contributed by atoms with Crippen LogP contribution in [0, 0.1) is 17.8 Å². The Morgan fingerprint density at radius 1 is 1.17 bits per heavy atom. The molecule has 1 amide bonds. The van der Waals surface area contributed by atoms with E-state index in [0.29, 0.717) is 24.2 Å². The second-order valence-corrected chi connectivity index (χ2v) is 7.43. The van der Waals surface area contributed by atoms with Gasteiger partial charge in [0.05, 0.1) is 6.04 Å². The highest BCUT2D eigenvalue weighted by molar-refractivity contribution is 5.76. The van der Waals surface area contributed by atoms with Gasteiger partial charge in [0.25, 0.3) is 0 Å². The Balaban J connectivity index is 1.91. The molecule has 1 heterocycles. The van der Waals surface area contributed by atoms with Crippen molar-refractivity contribution in [1.29, 1.82) is 0 Å². The molecule has 0 aromatic heterocycles. The molecule has 2 rings (SSSR count). The maximum atomic E-state index is 12.5. The first kappa shape index (κ1) is 18.0. The summed E-state index contributed by atoms with van der Waals surface area (Å²) in [6.45, 7) is 8.84. The molecule has 2 unspecified atom stereocenters. The summed E-state index contributed by atoms with van der Waals surface area (Å²) in [5, 5.41) is 6.68. The second kappa shape index (κ2) is 9.07. The van der Waals surface area contributed by atoms with Crippen molar-refractivity contribution in [2.24, 2.45) is 17.8 Å². The van der Waals surface area contributed by atoms with Gasteiger partial charge in [-0.2, -0.15) is 0 Å². The summed E-state index contributed by atoms with van der Waals surface area (Å²) in [4.78, 5) is 12.5. The third-order valence-corrected chi connectivity index (χ3v) is 4.94. The van der Waals surface area contributed by atoms with Gasteiger partial charge < -0.3 is 10.6 Å². The number of nitrogens with one attached hydrogen (secondary N) is 2. The first-order valence-corrected chi connectivity index (χ1v) is 9.11. The summed E-state index contributed by atoms with van der Waals surface area (Å²) in [6.07, 6.45) is 4.02. The molecule has 3 nitrogen and oxygen atoms in total. The van der Waals surface area contributed by atoms with Crippen LogP contribution in [-0.4, -0.2) is 19.0 Å². The van der Waals surface area contributed by atoms with E-state index in [4.69, 9.17) is 0 Å². The third-order valence-electron chi connectivity index (χ3n) is 4.94. The minimum Gasteiger partial charge on any atom is -0.349 e. The van der Waals surface area contributed by atoms with Crippen molar-refractivity contribution in [3.05, 3.63) is 35.9 Å². The van der Waals surface area contributed by atoms with Gasteiger partial charge in [-0.1, -0.05) is 51.1 Å². The maximum absolute atomic E-state index is 12.5. The summed E-state index contributed by atoms with van der Waals surface area (Å²) < 4.78 is 0. The smallest absolute Gasteiger partial charge is 0.220 e. The van der Waals surface area contributed by atoms with E-state index in [1.807, 2.05) is 18.2 Å². The normalized spacial score (nSPS) is 18.6. The van der Waals surface area contributed by atoms with Gasteiger partial charge >= 0.3 is 0 Å². The summed E-state index contributed by atoms with van der Waals surface area (Å²) >= 11 is 0. The van der Waals surface area contributed by atoms with E-state index in [2.05, 4.69) is 43.5 Å². The minimum absolute atomic E-state index is 0.129. The van der Waals surface area contributed by atoms with Crippen molar-refractivity contribution in [3.63, 3.8) is 0 Å². The number of carbonyl (C=O) groups excluding carboxylic acids is 1. The average Bonchev–Trinajstić information content (AvgIpc) is 2.55. The zero-order valence-corrected chi connectivity index (χ0v) is 14.8. The van der Waals surface area contributed by atoms with Crippen LogP contribution in [0.15, 0.2) is 30.3 Å². The van der Waals surface area contributed by atoms with Crippen LogP contribution in [0.1, 0.15) is 58.1 Å². The molecule has 3 heteroatoms. The topological polar surface area (TPSA) is 41.1 Å². The molecule has 1 saturated heterocycles. The highest BCUT2D eigenvalue weighted by Gasteiger charge is 2.23. The largest absolute Gasteiger partial charge is 0.349 e. The van der Waals surface area contributed by atoms with Gasteiger partial charge in [-0.05, 0) is 55.7 Å². The maximum Gasteiger partial charge on any atom is 0.220 e. The lowest BCUT2D eigenvalue weighted by molar-refractivity contribution is -0.123. The number of rotatable bonds is 7. The fourth-order valence-electron chi connectivity index (χ4n) is 3.56. The Labute approximate surface area is 141 Å². The highest BCUT2D eigenvalue weighted by atomic mass is 16.1. The molecule has 2 atom stereocenters. The van der Waals surface area contributed by atoms with E-state index in [1.54, 1.807) is 0 Å². The molecular formula is C20H32N2O. The van der Waals surface area contributed by atoms with Gasteiger partial charge in [0.2, 0.25) is 5.91 Å². The predicted molar refractivity (Wildman–Crippen MR) is 96.2 cm³/mol. The molecule has 128 valence electrons.